The van der Waals surface area contributed by atoms with Crippen LogP contribution < -0.4 is 16.0 Å². The van der Waals surface area contributed by atoms with Crippen LogP contribution in [0.25, 0.3) is 0 Å². The molecule has 0 spiro atoms. The van der Waals surface area contributed by atoms with Crippen LogP contribution in [0.2, 0.25) is 0 Å². The van der Waals surface area contributed by atoms with Crippen molar-refractivity contribution >= 4 is 74.5 Å². The lowest BCUT2D eigenvalue weighted by molar-refractivity contribution is -0.115. The third-order valence-corrected chi connectivity index (χ3v) is 9.95. The number of nitrogens with one attached hydrogen (secondary N) is 3. The summed E-state index contributed by atoms with van der Waals surface area (Å²) in [5.41, 5.74) is 4.93. The van der Waals surface area contributed by atoms with E-state index in [0.717, 1.165) is 46.0 Å². The molecule has 3 N–H and O–H groups in total. The number of benzene rings is 3. The Kier molecular flexibility index (Phi) is 10.1. The Bertz CT molecular complexity index is 1690. The minimum absolute atomic E-state index is 0.00451. The first kappa shape index (κ1) is 31.4. The number of esters is 1. The van der Waals surface area contributed by atoms with Crippen molar-refractivity contribution in [3.05, 3.63) is 106 Å². The molecule has 7 nitrogen and oxygen atoms in total. The van der Waals surface area contributed by atoms with Crippen molar-refractivity contribution in [1.29, 1.82) is 0 Å². The number of fused-ring (bicyclic) bond motifs is 1. The van der Waals surface area contributed by atoms with E-state index in [0.29, 0.717) is 27.2 Å². The fourth-order valence-electron chi connectivity index (χ4n) is 5.20. The predicted molar refractivity (Wildman–Crippen MR) is 184 cm³/mol. The number of ether oxygens (including phenoxy) is 1. The molecule has 1 amide bonds. The summed E-state index contributed by atoms with van der Waals surface area (Å²) in [5.74, 6) is -0.232. The van der Waals surface area contributed by atoms with Gasteiger partial charge in [0.15, 0.2) is 10.9 Å². The normalized spacial score (nSPS) is 14.6. The van der Waals surface area contributed by atoms with E-state index in [-0.39, 0.29) is 11.7 Å². The lowest BCUT2D eigenvalue weighted by atomic mass is 9.83. The molecule has 44 heavy (non-hydrogen) atoms. The fourth-order valence-corrected chi connectivity index (χ4v) is 7.68. The van der Waals surface area contributed by atoms with Crippen molar-refractivity contribution in [3.8, 4) is 0 Å². The summed E-state index contributed by atoms with van der Waals surface area (Å²) >= 11 is 8.36. The minimum Gasteiger partial charge on any atom is -0.465 e. The van der Waals surface area contributed by atoms with E-state index in [9.17, 15) is 14.4 Å². The quantitative estimate of drug-likeness (QED) is 0.0732. The highest BCUT2D eigenvalue weighted by Gasteiger charge is 2.31. The number of rotatable bonds is 9. The number of carbonyl (C=O) groups excluding carboxylic acids is 3. The Labute approximate surface area is 270 Å². The van der Waals surface area contributed by atoms with E-state index in [1.165, 1.54) is 42.7 Å². The van der Waals surface area contributed by atoms with Gasteiger partial charge in [-0.1, -0.05) is 36.4 Å². The molecular weight excluding hydrogens is 611 g/mol. The van der Waals surface area contributed by atoms with Gasteiger partial charge in [0, 0.05) is 26.7 Å². The lowest BCUT2D eigenvalue weighted by Crippen LogP contribution is -2.23. The number of amides is 1. The molecule has 0 fully saturated rings. The van der Waals surface area contributed by atoms with E-state index >= 15 is 0 Å². The number of methoxy groups -OCH3 is 1. The first-order chi connectivity index (χ1) is 21.2. The average Bonchev–Trinajstić information content (AvgIpc) is 3.38. The molecule has 2 unspecified atom stereocenters. The van der Waals surface area contributed by atoms with E-state index in [2.05, 4.69) is 40.2 Å². The number of thiophene rings is 1. The van der Waals surface area contributed by atoms with Crippen LogP contribution >= 0.6 is 35.3 Å². The first-order valence-corrected chi connectivity index (χ1v) is 16.4. The number of carbonyl (C=O) groups is 3. The summed E-state index contributed by atoms with van der Waals surface area (Å²) < 4.78 is 5.12. The van der Waals surface area contributed by atoms with Gasteiger partial charge in [0.25, 0.3) is 0 Å². The summed E-state index contributed by atoms with van der Waals surface area (Å²) in [4.78, 5) is 39.7. The van der Waals surface area contributed by atoms with Gasteiger partial charge >= 0.3 is 5.97 Å². The third-order valence-electron chi connectivity index (χ3n) is 7.49. The molecule has 0 aliphatic heterocycles. The Morgan fingerprint density at radius 2 is 1.68 bits per heavy atom. The van der Waals surface area contributed by atoms with Gasteiger partial charge in [-0.25, -0.2) is 4.79 Å². The van der Waals surface area contributed by atoms with Gasteiger partial charge in [0.2, 0.25) is 5.91 Å². The van der Waals surface area contributed by atoms with Gasteiger partial charge < -0.3 is 20.7 Å². The van der Waals surface area contributed by atoms with Gasteiger partial charge in [-0.05, 0) is 105 Å². The van der Waals surface area contributed by atoms with Crippen molar-refractivity contribution in [2.45, 2.75) is 49.2 Å². The second-order valence-electron chi connectivity index (χ2n) is 10.5. The standard InChI is InChI=1S/C34H33N3O4S3/c1-20(38)22-12-15-25(16-13-22)35-34(42)36-26-10-7-11-27(19-26)43-21(2)31(39)37-32-30(33(40)41-3)28-17-14-24(18-29(28)44-32)23-8-5-4-6-9-23/h4-13,15-16,19,21,24H,14,17-18H2,1-3H3,(H,37,39)(H2,35,36,42). The Morgan fingerprint density at radius 1 is 0.955 bits per heavy atom. The molecular formula is C34H33N3O4S3. The first-order valence-electron chi connectivity index (χ1n) is 14.3. The van der Waals surface area contributed by atoms with Crippen molar-refractivity contribution in [1.82, 2.24) is 0 Å². The number of thiocarbonyl (C=S) groups is 1. The number of Topliss-reactive ketones (excluding diaryl/α,β-unsaturated/α-hetero) is 1. The van der Waals surface area contributed by atoms with E-state index in [1.807, 2.05) is 37.3 Å². The van der Waals surface area contributed by atoms with Crippen molar-refractivity contribution in [2.75, 3.05) is 23.1 Å². The second-order valence-corrected chi connectivity index (χ2v) is 13.5. The molecule has 0 bridgehead atoms. The van der Waals surface area contributed by atoms with Crippen molar-refractivity contribution in [2.24, 2.45) is 0 Å². The number of anilines is 3. The topological polar surface area (TPSA) is 96.5 Å². The molecule has 1 aliphatic carbocycles. The molecule has 0 radical (unpaired) electrons. The number of ketones is 1. The molecule has 226 valence electrons. The van der Waals surface area contributed by atoms with Gasteiger partial charge in [0.05, 0.1) is 17.9 Å². The van der Waals surface area contributed by atoms with Crippen molar-refractivity contribution < 1.29 is 19.1 Å². The molecule has 4 aromatic rings. The van der Waals surface area contributed by atoms with Crippen LogP contribution in [0.4, 0.5) is 16.4 Å². The summed E-state index contributed by atoms with van der Waals surface area (Å²) in [5, 5.41) is 9.84. The SMILES string of the molecule is COC(=O)c1c(NC(=O)C(C)Sc2cccc(NC(=S)Nc3ccc(C(C)=O)cc3)c2)sc2c1CCC(c1ccccc1)C2. The maximum absolute atomic E-state index is 13.4. The maximum atomic E-state index is 13.4. The average molecular weight is 644 g/mol. The molecule has 5 rings (SSSR count). The number of thioether (sulfide) groups is 1. The van der Waals surface area contributed by atoms with Crippen LogP contribution in [0.5, 0.6) is 0 Å². The van der Waals surface area contributed by atoms with Crippen LogP contribution in [0.15, 0.2) is 83.8 Å². The zero-order valence-electron chi connectivity index (χ0n) is 24.6. The monoisotopic (exact) mass is 643 g/mol. The molecule has 3 aromatic carbocycles. The maximum Gasteiger partial charge on any atom is 0.341 e. The van der Waals surface area contributed by atoms with Crippen LogP contribution in [-0.4, -0.2) is 35.1 Å². The molecule has 10 heteroatoms. The summed E-state index contributed by atoms with van der Waals surface area (Å²) in [7, 11) is 1.37. The van der Waals surface area contributed by atoms with Crippen LogP contribution in [0.3, 0.4) is 0 Å². The smallest absolute Gasteiger partial charge is 0.341 e. The van der Waals surface area contributed by atoms with Gasteiger partial charge in [-0.2, -0.15) is 0 Å². The van der Waals surface area contributed by atoms with Crippen LogP contribution in [0, 0.1) is 0 Å². The van der Waals surface area contributed by atoms with E-state index in [1.54, 1.807) is 24.3 Å². The molecule has 1 aliphatic rings. The highest BCUT2D eigenvalue weighted by Crippen LogP contribution is 2.43. The van der Waals surface area contributed by atoms with Gasteiger partial charge in [-0.3, -0.25) is 9.59 Å². The zero-order chi connectivity index (χ0) is 31.2. The highest BCUT2D eigenvalue weighted by atomic mass is 32.2. The fraction of sp³-hybridized carbons (Fsp3) is 0.235. The molecule has 1 heterocycles. The summed E-state index contributed by atoms with van der Waals surface area (Å²) in [6.07, 6.45) is 2.53. The minimum atomic E-state index is -0.434. The molecule has 0 saturated carbocycles. The summed E-state index contributed by atoms with van der Waals surface area (Å²) in [6, 6.07) is 25.2. The third kappa shape index (κ3) is 7.56. The predicted octanol–water partition coefficient (Wildman–Crippen LogP) is 7.94. The largest absolute Gasteiger partial charge is 0.465 e. The van der Waals surface area contributed by atoms with E-state index in [4.69, 9.17) is 17.0 Å². The van der Waals surface area contributed by atoms with E-state index < -0.39 is 11.2 Å². The lowest BCUT2D eigenvalue weighted by Gasteiger charge is -2.22. The van der Waals surface area contributed by atoms with Crippen LogP contribution in [0.1, 0.15) is 62.9 Å². The van der Waals surface area contributed by atoms with Crippen LogP contribution in [-0.2, 0) is 22.4 Å². The molecule has 2 atom stereocenters. The zero-order valence-corrected chi connectivity index (χ0v) is 27.1. The van der Waals surface area contributed by atoms with Crippen molar-refractivity contribution in [3.63, 3.8) is 0 Å². The number of hydrogen-bond acceptors (Lipinski definition) is 7. The Balaban J connectivity index is 1.23. The molecule has 0 saturated heterocycles. The summed E-state index contributed by atoms with van der Waals surface area (Å²) in [6.45, 7) is 3.37. The van der Waals surface area contributed by atoms with Gasteiger partial charge in [-0.15, -0.1) is 23.1 Å². The number of hydrogen-bond donors (Lipinski definition) is 3. The molecule has 1 aromatic heterocycles. The Hall–Kier alpha value is -3.99. The Morgan fingerprint density at radius 3 is 2.39 bits per heavy atom. The highest BCUT2D eigenvalue weighted by molar-refractivity contribution is 8.00. The van der Waals surface area contributed by atoms with Gasteiger partial charge in [0.1, 0.15) is 5.00 Å². The second kappa shape index (κ2) is 14.2.